The number of aromatic nitrogens is 2. The second-order valence-electron chi connectivity index (χ2n) is 6.18. The van der Waals surface area contributed by atoms with Crippen LogP contribution in [0.25, 0.3) is 11.4 Å². The van der Waals surface area contributed by atoms with Gasteiger partial charge in [-0.25, -0.2) is 0 Å². The summed E-state index contributed by atoms with van der Waals surface area (Å²) < 4.78 is 9.55. The minimum absolute atomic E-state index is 0.104. The fraction of sp³-hybridized carbons (Fsp3) is 0.286. The smallest absolute Gasteiger partial charge is 0.248 e. The number of likely N-dealkylation sites (N-methyl/N-ethyl adjacent to an activating group) is 1. The molecular weight excluding hydrogens is 372 g/mol. The molecule has 0 radical (unpaired) electrons. The first kappa shape index (κ1) is 20.0. The number of nitrogens with zero attached hydrogens (tertiary/aromatic N) is 3. The lowest BCUT2D eigenvalue weighted by Gasteiger charge is -2.28. The number of hydrogen-bond acceptors (Lipinski definition) is 6. The number of hydrogen-bond donors (Lipinski definition) is 1. The third-order valence-corrected chi connectivity index (χ3v) is 5.18. The Labute approximate surface area is 169 Å². The lowest BCUT2D eigenvalue weighted by Crippen LogP contribution is -2.37. The van der Waals surface area contributed by atoms with Gasteiger partial charge in [0.1, 0.15) is 11.8 Å². The lowest BCUT2D eigenvalue weighted by molar-refractivity contribution is -0.121. The molecule has 0 aliphatic carbocycles. The summed E-state index contributed by atoms with van der Waals surface area (Å²) in [5.41, 5.74) is 1.84. The van der Waals surface area contributed by atoms with E-state index >= 15 is 0 Å². The quantitative estimate of drug-likeness (QED) is 0.617. The van der Waals surface area contributed by atoms with Gasteiger partial charge in [-0.15, -0.1) is 0 Å². The summed E-state index contributed by atoms with van der Waals surface area (Å²) in [6.45, 7) is 5.66. The molecule has 1 N–H and O–H groups in total. The van der Waals surface area contributed by atoms with Crippen molar-refractivity contribution in [1.29, 1.82) is 0 Å². The van der Waals surface area contributed by atoms with E-state index in [0.717, 1.165) is 30.0 Å². The predicted molar refractivity (Wildman–Crippen MR) is 113 cm³/mol. The molecule has 2 aromatic carbocycles. The molecule has 1 unspecified atom stereocenters. The first-order valence-electron chi connectivity index (χ1n) is 9.24. The van der Waals surface area contributed by atoms with Gasteiger partial charge in [0.15, 0.2) is 5.82 Å². The van der Waals surface area contributed by atoms with Crippen LogP contribution in [-0.4, -0.2) is 40.4 Å². The molecule has 3 rings (SSSR count). The van der Waals surface area contributed by atoms with Crippen LogP contribution in [0.2, 0.25) is 0 Å². The number of rotatable bonds is 8. The number of nitrogens with one attached hydrogen (secondary N) is 1. The molecule has 0 spiro atoms. The van der Waals surface area contributed by atoms with Gasteiger partial charge in [0.25, 0.3) is 0 Å². The highest BCUT2D eigenvalue weighted by Gasteiger charge is 2.26. The highest BCUT2D eigenvalue weighted by Crippen LogP contribution is 2.26. The lowest BCUT2D eigenvalue weighted by atomic mass is 10.0. The van der Waals surface area contributed by atoms with Crippen LogP contribution >= 0.6 is 11.5 Å². The van der Waals surface area contributed by atoms with Gasteiger partial charge in [-0.2, -0.15) is 9.36 Å². The zero-order valence-electron chi connectivity index (χ0n) is 16.3. The number of carbonyl (C=O) groups is 1. The molecule has 0 aliphatic rings. The van der Waals surface area contributed by atoms with Crippen molar-refractivity contribution in [3.8, 4) is 17.1 Å². The Morgan fingerprint density at radius 2 is 1.79 bits per heavy atom. The molecule has 0 bridgehead atoms. The van der Waals surface area contributed by atoms with Crippen LogP contribution in [0.15, 0.2) is 54.6 Å². The molecule has 0 saturated heterocycles. The monoisotopic (exact) mass is 396 g/mol. The van der Waals surface area contributed by atoms with Crippen LogP contribution < -0.4 is 10.1 Å². The number of amides is 1. The second kappa shape index (κ2) is 9.43. The van der Waals surface area contributed by atoms with Crippen molar-refractivity contribution in [3.05, 3.63) is 60.2 Å². The summed E-state index contributed by atoms with van der Waals surface area (Å²) >= 11 is 1.18. The molecule has 0 aliphatic heterocycles. The number of methoxy groups -OCH3 is 1. The average molecular weight is 397 g/mol. The van der Waals surface area contributed by atoms with Crippen LogP contribution in [0.3, 0.4) is 0 Å². The van der Waals surface area contributed by atoms with E-state index in [1.54, 1.807) is 7.11 Å². The van der Waals surface area contributed by atoms with Crippen LogP contribution in [0.4, 0.5) is 5.13 Å². The van der Waals surface area contributed by atoms with E-state index in [0.29, 0.717) is 11.0 Å². The van der Waals surface area contributed by atoms with E-state index in [-0.39, 0.29) is 11.9 Å². The maximum absolute atomic E-state index is 13.1. The first-order chi connectivity index (χ1) is 13.7. The molecule has 0 saturated carbocycles. The van der Waals surface area contributed by atoms with Gasteiger partial charge in [0.05, 0.1) is 7.11 Å². The predicted octanol–water partition coefficient (Wildman–Crippen LogP) is 4.24. The zero-order chi connectivity index (χ0) is 19.9. The van der Waals surface area contributed by atoms with Gasteiger partial charge in [-0.3, -0.25) is 15.0 Å². The third-order valence-electron chi connectivity index (χ3n) is 4.55. The molecule has 7 heteroatoms. The molecule has 6 nitrogen and oxygen atoms in total. The number of carbonyl (C=O) groups excluding carboxylic acids is 1. The fourth-order valence-electron chi connectivity index (χ4n) is 3.06. The van der Waals surface area contributed by atoms with Gasteiger partial charge in [0.2, 0.25) is 11.0 Å². The fourth-order valence-corrected chi connectivity index (χ4v) is 3.65. The van der Waals surface area contributed by atoms with E-state index < -0.39 is 0 Å². The van der Waals surface area contributed by atoms with Crippen molar-refractivity contribution in [2.75, 3.05) is 25.5 Å². The number of ether oxygens (including phenoxy) is 1. The summed E-state index contributed by atoms with van der Waals surface area (Å²) in [7, 11) is 1.63. The van der Waals surface area contributed by atoms with Gasteiger partial charge < -0.3 is 4.74 Å². The maximum atomic E-state index is 13.1. The SMILES string of the molecule is CCN(CC)C(C(=O)Nc1nc(-c2ccc(OC)cc2)ns1)c1ccccc1. The van der Waals surface area contributed by atoms with Gasteiger partial charge in [-0.1, -0.05) is 44.2 Å². The maximum Gasteiger partial charge on any atom is 0.248 e. The van der Waals surface area contributed by atoms with E-state index in [1.807, 2.05) is 54.6 Å². The van der Waals surface area contributed by atoms with Crippen LogP contribution in [0.1, 0.15) is 25.5 Å². The Balaban J connectivity index is 1.79. The Morgan fingerprint density at radius 3 is 2.39 bits per heavy atom. The van der Waals surface area contributed by atoms with Crippen molar-refractivity contribution in [2.45, 2.75) is 19.9 Å². The normalized spacial score (nSPS) is 12.0. The molecular formula is C21H24N4O2S. The first-order valence-corrected chi connectivity index (χ1v) is 10.0. The van der Waals surface area contributed by atoms with E-state index in [2.05, 4.69) is 33.4 Å². The summed E-state index contributed by atoms with van der Waals surface area (Å²) in [6, 6.07) is 17.0. The molecule has 1 amide bonds. The van der Waals surface area contributed by atoms with Gasteiger partial charge in [0, 0.05) is 17.1 Å². The zero-order valence-corrected chi connectivity index (χ0v) is 17.1. The second-order valence-corrected chi connectivity index (χ2v) is 6.93. The molecule has 0 fully saturated rings. The van der Waals surface area contributed by atoms with Gasteiger partial charge in [-0.05, 0) is 42.9 Å². The Bertz CT molecular complexity index is 892. The molecule has 146 valence electrons. The Morgan fingerprint density at radius 1 is 1.11 bits per heavy atom. The number of anilines is 1. The topological polar surface area (TPSA) is 67.4 Å². The van der Waals surface area contributed by atoms with Crippen molar-refractivity contribution in [2.24, 2.45) is 0 Å². The summed E-state index contributed by atoms with van der Waals surface area (Å²) in [5, 5.41) is 3.43. The summed E-state index contributed by atoms with van der Waals surface area (Å²) in [5.74, 6) is 1.26. The van der Waals surface area contributed by atoms with Crippen molar-refractivity contribution in [3.63, 3.8) is 0 Å². The third kappa shape index (κ3) is 4.55. The van der Waals surface area contributed by atoms with E-state index in [9.17, 15) is 4.79 Å². The molecule has 28 heavy (non-hydrogen) atoms. The highest BCUT2D eigenvalue weighted by atomic mass is 32.1. The molecule has 1 atom stereocenters. The van der Waals surface area contributed by atoms with E-state index in [4.69, 9.17) is 4.74 Å². The Hall–Kier alpha value is -2.77. The van der Waals surface area contributed by atoms with E-state index in [1.165, 1.54) is 11.5 Å². The number of benzene rings is 2. The molecule has 1 heterocycles. The Kier molecular flexibility index (Phi) is 6.73. The average Bonchev–Trinajstić information content (AvgIpc) is 3.20. The largest absolute Gasteiger partial charge is 0.497 e. The minimum Gasteiger partial charge on any atom is -0.497 e. The highest BCUT2D eigenvalue weighted by molar-refractivity contribution is 7.10. The van der Waals surface area contributed by atoms with Crippen molar-refractivity contribution < 1.29 is 9.53 Å². The standard InChI is InChI=1S/C21H24N4O2S/c1-4-25(5-2)18(15-9-7-6-8-10-15)20(26)23-21-22-19(24-28-21)16-11-13-17(27-3)14-12-16/h6-14,18H,4-5H2,1-3H3,(H,22,23,24,26). The summed E-state index contributed by atoms with van der Waals surface area (Å²) in [4.78, 5) is 19.7. The summed E-state index contributed by atoms with van der Waals surface area (Å²) in [6.07, 6.45) is 0. The van der Waals surface area contributed by atoms with Crippen molar-refractivity contribution in [1.82, 2.24) is 14.3 Å². The van der Waals surface area contributed by atoms with Gasteiger partial charge >= 0.3 is 0 Å². The van der Waals surface area contributed by atoms with Crippen LogP contribution in [0.5, 0.6) is 5.75 Å². The minimum atomic E-state index is -0.371. The van der Waals surface area contributed by atoms with Crippen molar-refractivity contribution >= 4 is 22.6 Å². The van der Waals surface area contributed by atoms with Crippen LogP contribution in [0, 0.1) is 0 Å². The molecule has 1 aromatic heterocycles. The molecule has 3 aromatic rings. The van der Waals surface area contributed by atoms with Crippen LogP contribution in [-0.2, 0) is 4.79 Å².